The van der Waals surface area contributed by atoms with Crippen LogP contribution in [-0.2, 0) is 11.2 Å². The van der Waals surface area contributed by atoms with Crippen LogP contribution in [0.4, 0.5) is 5.69 Å². The second kappa shape index (κ2) is 5.01. The molecule has 0 saturated heterocycles. The molecule has 0 amide bonds. The summed E-state index contributed by atoms with van der Waals surface area (Å²) in [5.74, 6) is 1.22. The van der Waals surface area contributed by atoms with Crippen LogP contribution >= 0.6 is 0 Å². The van der Waals surface area contributed by atoms with Crippen molar-refractivity contribution in [3.05, 3.63) is 23.8 Å². The first-order valence-electron chi connectivity index (χ1n) is 5.75. The van der Waals surface area contributed by atoms with E-state index in [1.807, 2.05) is 12.1 Å². The van der Waals surface area contributed by atoms with E-state index in [2.05, 4.69) is 11.4 Å². The van der Waals surface area contributed by atoms with E-state index < -0.39 is 0 Å². The van der Waals surface area contributed by atoms with Gasteiger partial charge < -0.3 is 10.1 Å². The van der Waals surface area contributed by atoms with Gasteiger partial charge in [0.05, 0.1) is 6.61 Å². The Balaban J connectivity index is 1.97. The van der Waals surface area contributed by atoms with Crippen molar-refractivity contribution < 1.29 is 9.53 Å². The maximum Gasteiger partial charge on any atom is 0.131 e. The molecule has 1 heterocycles. The first kappa shape index (κ1) is 11.0. The molecule has 3 heteroatoms. The Morgan fingerprint density at radius 3 is 3.19 bits per heavy atom. The molecule has 1 aromatic rings. The average Bonchev–Trinajstić information content (AvgIpc) is 2.28. The van der Waals surface area contributed by atoms with E-state index in [9.17, 15) is 4.79 Å². The lowest BCUT2D eigenvalue weighted by Crippen LogP contribution is -2.10. The molecule has 0 fully saturated rings. The lowest BCUT2D eigenvalue weighted by atomic mass is 10.1. The molecule has 3 nitrogen and oxygen atoms in total. The fourth-order valence-electron chi connectivity index (χ4n) is 1.85. The van der Waals surface area contributed by atoms with E-state index in [-0.39, 0.29) is 5.78 Å². The number of nitrogens with one attached hydrogen (secondary N) is 1. The molecule has 0 aromatic heterocycles. The number of fused-ring (bicyclic) bond motifs is 1. The zero-order chi connectivity index (χ0) is 11.4. The Bertz CT molecular complexity index is 388. The van der Waals surface area contributed by atoms with Gasteiger partial charge in [-0.3, -0.25) is 4.79 Å². The van der Waals surface area contributed by atoms with Crippen molar-refractivity contribution in [3.8, 4) is 5.75 Å². The van der Waals surface area contributed by atoms with Gasteiger partial charge in [-0.25, -0.2) is 0 Å². The van der Waals surface area contributed by atoms with Crippen molar-refractivity contribution in [2.45, 2.75) is 26.2 Å². The van der Waals surface area contributed by atoms with E-state index in [4.69, 9.17) is 4.74 Å². The molecule has 0 aliphatic carbocycles. The van der Waals surface area contributed by atoms with Gasteiger partial charge in [-0.2, -0.15) is 0 Å². The summed E-state index contributed by atoms with van der Waals surface area (Å²) in [4.78, 5) is 10.8. The number of hydrogen-bond donors (Lipinski definition) is 1. The summed E-state index contributed by atoms with van der Waals surface area (Å²) in [5.41, 5.74) is 2.34. The van der Waals surface area contributed by atoms with Crippen LogP contribution < -0.4 is 10.1 Å². The molecule has 0 saturated carbocycles. The van der Waals surface area contributed by atoms with Crippen molar-refractivity contribution >= 4 is 11.5 Å². The molecule has 1 N–H and O–H groups in total. The maximum atomic E-state index is 10.8. The molecule has 0 unspecified atom stereocenters. The van der Waals surface area contributed by atoms with Crippen molar-refractivity contribution in [1.29, 1.82) is 0 Å². The highest BCUT2D eigenvalue weighted by Crippen LogP contribution is 2.27. The number of ketones is 1. The average molecular weight is 219 g/mol. The third kappa shape index (κ3) is 2.75. The number of rotatable bonds is 4. The summed E-state index contributed by atoms with van der Waals surface area (Å²) in [6.07, 6.45) is 2.75. The van der Waals surface area contributed by atoms with Gasteiger partial charge in [-0.15, -0.1) is 0 Å². The molecule has 0 spiro atoms. The van der Waals surface area contributed by atoms with E-state index in [1.54, 1.807) is 6.92 Å². The largest absolute Gasteiger partial charge is 0.493 e. The van der Waals surface area contributed by atoms with Gasteiger partial charge in [0.25, 0.3) is 0 Å². The number of Topliss-reactive ketones (excluding diaryl/α,β-unsaturated/α-hetero) is 1. The lowest BCUT2D eigenvalue weighted by Gasteiger charge is -2.18. The molecule has 1 aliphatic rings. The summed E-state index contributed by atoms with van der Waals surface area (Å²) in [7, 11) is 0. The molecule has 1 aromatic carbocycles. The fraction of sp³-hybridized carbons (Fsp3) is 0.462. The van der Waals surface area contributed by atoms with Gasteiger partial charge in [0, 0.05) is 18.7 Å². The van der Waals surface area contributed by atoms with Gasteiger partial charge in [-0.05, 0) is 43.5 Å². The molecule has 1 aliphatic heterocycles. The van der Waals surface area contributed by atoms with Crippen LogP contribution in [0.15, 0.2) is 18.2 Å². The SMILES string of the molecule is CC(=O)CCNc1ccc2c(c1)CCCO2. The number of hydrogen-bond acceptors (Lipinski definition) is 3. The van der Waals surface area contributed by atoms with E-state index in [1.165, 1.54) is 5.56 Å². The predicted molar refractivity (Wildman–Crippen MR) is 64.0 cm³/mol. The Labute approximate surface area is 95.8 Å². The number of aryl methyl sites for hydroxylation is 1. The molecule has 86 valence electrons. The summed E-state index contributed by atoms with van der Waals surface area (Å²) >= 11 is 0. The van der Waals surface area contributed by atoms with Gasteiger partial charge in [0.15, 0.2) is 0 Å². The zero-order valence-corrected chi connectivity index (χ0v) is 9.58. The predicted octanol–water partition coefficient (Wildman–Crippen LogP) is 2.40. The quantitative estimate of drug-likeness (QED) is 0.845. The van der Waals surface area contributed by atoms with E-state index in [0.29, 0.717) is 13.0 Å². The molecular weight excluding hydrogens is 202 g/mol. The van der Waals surface area contributed by atoms with Crippen LogP contribution in [0, 0.1) is 0 Å². The molecular formula is C13H17NO2. The smallest absolute Gasteiger partial charge is 0.131 e. The van der Waals surface area contributed by atoms with E-state index >= 15 is 0 Å². The lowest BCUT2D eigenvalue weighted by molar-refractivity contribution is -0.116. The number of anilines is 1. The minimum atomic E-state index is 0.216. The van der Waals surface area contributed by atoms with Gasteiger partial charge in [-0.1, -0.05) is 0 Å². The molecule has 0 atom stereocenters. The third-order valence-electron chi connectivity index (χ3n) is 2.71. The highest BCUT2D eigenvalue weighted by Gasteiger charge is 2.10. The second-order valence-electron chi connectivity index (χ2n) is 4.15. The third-order valence-corrected chi connectivity index (χ3v) is 2.71. The minimum Gasteiger partial charge on any atom is -0.493 e. The monoisotopic (exact) mass is 219 g/mol. The summed E-state index contributed by atoms with van der Waals surface area (Å²) < 4.78 is 5.54. The Hall–Kier alpha value is -1.51. The number of carbonyl (C=O) groups excluding carboxylic acids is 1. The Morgan fingerprint density at radius 1 is 1.50 bits per heavy atom. The summed E-state index contributed by atoms with van der Waals surface area (Å²) in [5, 5.41) is 3.25. The van der Waals surface area contributed by atoms with Crippen LogP contribution in [-0.4, -0.2) is 18.9 Å². The van der Waals surface area contributed by atoms with Gasteiger partial charge >= 0.3 is 0 Å². The van der Waals surface area contributed by atoms with Crippen molar-refractivity contribution in [2.24, 2.45) is 0 Å². The maximum absolute atomic E-state index is 10.8. The van der Waals surface area contributed by atoms with Crippen molar-refractivity contribution in [3.63, 3.8) is 0 Å². The topological polar surface area (TPSA) is 38.3 Å². The van der Waals surface area contributed by atoms with E-state index in [0.717, 1.165) is 30.9 Å². The van der Waals surface area contributed by atoms with Crippen LogP contribution in [0.25, 0.3) is 0 Å². The molecule has 2 rings (SSSR count). The first-order chi connectivity index (χ1) is 7.75. The van der Waals surface area contributed by atoms with Crippen LogP contribution in [0.3, 0.4) is 0 Å². The second-order valence-corrected chi connectivity index (χ2v) is 4.15. The minimum absolute atomic E-state index is 0.216. The molecule has 0 radical (unpaired) electrons. The molecule has 16 heavy (non-hydrogen) atoms. The van der Waals surface area contributed by atoms with Gasteiger partial charge in [0.1, 0.15) is 11.5 Å². The number of benzene rings is 1. The number of ether oxygens (including phenoxy) is 1. The van der Waals surface area contributed by atoms with Crippen LogP contribution in [0.1, 0.15) is 25.3 Å². The zero-order valence-electron chi connectivity index (χ0n) is 9.58. The highest BCUT2D eigenvalue weighted by molar-refractivity contribution is 5.76. The van der Waals surface area contributed by atoms with Crippen LogP contribution in [0.5, 0.6) is 5.75 Å². The highest BCUT2D eigenvalue weighted by atomic mass is 16.5. The summed E-state index contributed by atoms with van der Waals surface area (Å²) in [6, 6.07) is 6.13. The fourth-order valence-corrected chi connectivity index (χ4v) is 1.85. The Kier molecular flexibility index (Phi) is 3.44. The summed E-state index contributed by atoms with van der Waals surface area (Å²) in [6.45, 7) is 3.14. The first-order valence-corrected chi connectivity index (χ1v) is 5.75. The standard InChI is InChI=1S/C13H17NO2/c1-10(15)6-7-14-12-4-5-13-11(9-12)3-2-8-16-13/h4-5,9,14H,2-3,6-8H2,1H3. The van der Waals surface area contributed by atoms with Crippen molar-refractivity contribution in [2.75, 3.05) is 18.5 Å². The Morgan fingerprint density at radius 2 is 2.38 bits per heavy atom. The van der Waals surface area contributed by atoms with Gasteiger partial charge in [0.2, 0.25) is 0 Å². The molecule has 0 bridgehead atoms. The van der Waals surface area contributed by atoms with Crippen molar-refractivity contribution in [1.82, 2.24) is 0 Å². The normalized spacial score (nSPS) is 13.8. The van der Waals surface area contributed by atoms with Crippen LogP contribution in [0.2, 0.25) is 0 Å². The number of carbonyl (C=O) groups is 1.